The van der Waals surface area contributed by atoms with Crippen LogP contribution in [-0.2, 0) is 19.1 Å². The molecule has 4 nitrogen and oxygen atoms in total. The molecule has 0 saturated heterocycles. The lowest BCUT2D eigenvalue weighted by Gasteiger charge is -2.23. The summed E-state index contributed by atoms with van der Waals surface area (Å²) in [6, 6.07) is 0. The molecular weight excluding hydrogens is 308 g/mol. The van der Waals surface area contributed by atoms with Crippen LogP contribution in [-0.4, -0.2) is 40.7 Å². The monoisotopic (exact) mass is 332 g/mol. The van der Waals surface area contributed by atoms with Crippen molar-refractivity contribution in [3.05, 3.63) is 25.3 Å². The summed E-state index contributed by atoms with van der Waals surface area (Å²) in [6.07, 6.45) is 3.99. The first-order valence-corrected chi connectivity index (χ1v) is 8.74. The van der Waals surface area contributed by atoms with Gasteiger partial charge in [-0.05, 0) is 38.2 Å². The minimum Gasteiger partial charge on any atom is -0.463 e. The number of hydrogen-bond donors (Lipinski definition) is 0. The van der Waals surface area contributed by atoms with E-state index in [9.17, 15) is 9.59 Å². The van der Waals surface area contributed by atoms with E-state index < -0.39 is 0 Å². The molecule has 0 N–H and O–H groups in total. The van der Waals surface area contributed by atoms with Crippen LogP contribution in [0.2, 0.25) is 0 Å². The molecule has 0 spiro atoms. The Morgan fingerprint density at radius 1 is 0.952 bits per heavy atom. The minimum atomic E-state index is -0.372. The zero-order chi connectivity index (χ0) is 16.1. The first-order valence-electron chi connectivity index (χ1n) is 6.77. The molecule has 0 heterocycles. The van der Waals surface area contributed by atoms with Gasteiger partial charge in [0.25, 0.3) is 0 Å². The lowest BCUT2D eigenvalue weighted by atomic mass is 10.5. The summed E-state index contributed by atoms with van der Waals surface area (Å²) >= 11 is 3.66. The lowest BCUT2D eigenvalue weighted by Crippen LogP contribution is -2.13. The summed E-state index contributed by atoms with van der Waals surface area (Å²) < 4.78 is 9.92. The second kappa shape index (κ2) is 11.7. The molecule has 0 amide bonds. The predicted octanol–water partition coefficient (Wildman–Crippen LogP) is 3.43. The Morgan fingerprint density at radius 2 is 1.33 bits per heavy atom. The molecule has 21 heavy (non-hydrogen) atoms. The van der Waals surface area contributed by atoms with Gasteiger partial charge in [-0.15, -0.1) is 23.5 Å². The molecule has 0 aromatic rings. The van der Waals surface area contributed by atoms with E-state index in [1.165, 1.54) is 12.2 Å². The van der Waals surface area contributed by atoms with Crippen molar-refractivity contribution in [2.75, 3.05) is 24.7 Å². The summed E-state index contributed by atoms with van der Waals surface area (Å²) in [6.45, 7) is 11.9. The molecule has 0 fully saturated rings. The Balaban J connectivity index is 3.59. The second-order valence-electron chi connectivity index (χ2n) is 4.55. The lowest BCUT2D eigenvalue weighted by molar-refractivity contribution is -0.138. The smallest absolute Gasteiger partial charge is 0.330 e. The standard InChI is InChI=1S/C15H24O4S2/c1-5-13(16)18-9-7-11-20-15(3,4)21-12-8-10-19-14(17)6-2/h5-6H,1-2,7-12H2,3-4H3. The van der Waals surface area contributed by atoms with Gasteiger partial charge in [0, 0.05) is 12.2 Å². The van der Waals surface area contributed by atoms with Gasteiger partial charge < -0.3 is 9.47 Å². The molecule has 0 atom stereocenters. The van der Waals surface area contributed by atoms with Gasteiger partial charge in [0.1, 0.15) is 0 Å². The normalized spacial score (nSPS) is 10.8. The largest absolute Gasteiger partial charge is 0.463 e. The highest BCUT2D eigenvalue weighted by atomic mass is 32.2. The van der Waals surface area contributed by atoms with Crippen molar-refractivity contribution in [1.29, 1.82) is 0 Å². The van der Waals surface area contributed by atoms with E-state index in [4.69, 9.17) is 9.47 Å². The van der Waals surface area contributed by atoms with E-state index in [0.717, 1.165) is 24.3 Å². The molecule has 0 aliphatic carbocycles. The summed E-state index contributed by atoms with van der Waals surface area (Å²) in [5.74, 6) is 1.11. The zero-order valence-corrected chi connectivity index (χ0v) is 14.4. The first-order chi connectivity index (χ1) is 9.91. The van der Waals surface area contributed by atoms with Crippen LogP contribution in [0, 0.1) is 0 Å². The summed E-state index contributed by atoms with van der Waals surface area (Å²) in [5, 5.41) is 0. The SMILES string of the molecule is C=CC(=O)OCCCSC(C)(C)SCCCOC(=O)C=C. The highest BCUT2D eigenvalue weighted by Crippen LogP contribution is 2.36. The van der Waals surface area contributed by atoms with E-state index in [2.05, 4.69) is 27.0 Å². The van der Waals surface area contributed by atoms with Gasteiger partial charge in [0.05, 0.1) is 17.3 Å². The van der Waals surface area contributed by atoms with Crippen molar-refractivity contribution in [2.45, 2.75) is 30.8 Å². The summed E-state index contributed by atoms with van der Waals surface area (Å²) in [4.78, 5) is 21.7. The molecule has 0 rings (SSSR count). The van der Waals surface area contributed by atoms with Crippen LogP contribution in [0.3, 0.4) is 0 Å². The van der Waals surface area contributed by atoms with Gasteiger partial charge in [-0.1, -0.05) is 13.2 Å². The summed E-state index contributed by atoms with van der Waals surface area (Å²) in [7, 11) is 0. The van der Waals surface area contributed by atoms with Crippen LogP contribution in [0.5, 0.6) is 0 Å². The molecule has 0 radical (unpaired) electrons. The number of carbonyl (C=O) groups is 2. The van der Waals surface area contributed by atoms with Crippen LogP contribution in [0.15, 0.2) is 25.3 Å². The maximum atomic E-state index is 10.9. The zero-order valence-electron chi connectivity index (χ0n) is 12.8. The third-order valence-corrected chi connectivity index (χ3v) is 5.38. The molecule has 0 aromatic heterocycles. The van der Waals surface area contributed by atoms with E-state index >= 15 is 0 Å². The van der Waals surface area contributed by atoms with Gasteiger partial charge >= 0.3 is 11.9 Å². The summed E-state index contributed by atoms with van der Waals surface area (Å²) in [5.41, 5.74) is 0. The van der Waals surface area contributed by atoms with Crippen LogP contribution in [0.4, 0.5) is 0 Å². The number of carbonyl (C=O) groups excluding carboxylic acids is 2. The minimum absolute atomic E-state index is 0.0882. The van der Waals surface area contributed by atoms with E-state index in [-0.39, 0.29) is 16.0 Å². The Bertz CT molecular complexity index is 322. The molecule has 6 heteroatoms. The van der Waals surface area contributed by atoms with Crippen LogP contribution < -0.4 is 0 Å². The van der Waals surface area contributed by atoms with Gasteiger partial charge in [0.15, 0.2) is 0 Å². The van der Waals surface area contributed by atoms with Gasteiger partial charge in [-0.25, -0.2) is 9.59 Å². The number of rotatable bonds is 12. The number of ether oxygens (including phenoxy) is 2. The predicted molar refractivity (Wildman–Crippen MR) is 90.5 cm³/mol. The van der Waals surface area contributed by atoms with E-state index in [0.29, 0.717) is 13.2 Å². The molecule has 0 bridgehead atoms. The molecule has 120 valence electrons. The van der Waals surface area contributed by atoms with Crippen LogP contribution >= 0.6 is 23.5 Å². The fraction of sp³-hybridized carbons (Fsp3) is 0.600. The highest BCUT2D eigenvalue weighted by molar-refractivity contribution is 8.18. The van der Waals surface area contributed by atoms with Crippen molar-refractivity contribution in [3.8, 4) is 0 Å². The molecule has 0 saturated carbocycles. The van der Waals surface area contributed by atoms with Gasteiger partial charge in [-0.2, -0.15) is 0 Å². The Morgan fingerprint density at radius 3 is 1.67 bits per heavy atom. The highest BCUT2D eigenvalue weighted by Gasteiger charge is 2.18. The Hall–Kier alpha value is -0.880. The fourth-order valence-electron chi connectivity index (χ4n) is 1.26. The first kappa shape index (κ1) is 20.1. The topological polar surface area (TPSA) is 52.6 Å². The molecular formula is C15H24O4S2. The average molecular weight is 332 g/mol. The molecule has 0 aliphatic heterocycles. The number of hydrogen-bond acceptors (Lipinski definition) is 6. The quantitative estimate of drug-likeness (QED) is 0.236. The number of thioether (sulfide) groups is 2. The van der Waals surface area contributed by atoms with Crippen LogP contribution in [0.25, 0.3) is 0 Å². The third-order valence-electron chi connectivity index (χ3n) is 2.30. The van der Waals surface area contributed by atoms with Crippen molar-refractivity contribution in [3.63, 3.8) is 0 Å². The number of esters is 2. The fourth-order valence-corrected chi connectivity index (χ4v) is 3.60. The Kier molecular flexibility index (Phi) is 11.3. The van der Waals surface area contributed by atoms with Crippen molar-refractivity contribution in [2.24, 2.45) is 0 Å². The van der Waals surface area contributed by atoms with Gasteiger partial charge in [0.2, 0.25) is 0 Å². The van der Waals surface area contributed by atoms with Gasteiger partial charge in [-0.3, -0.25) is 0 Å². The second-order valence-corrected chi connectivity index (χ2v) is 8.24. The molecule has 0 aromatic carbocycles. The maximum Gasteiger partial charge on any atom is 0.330 e. The van der Waals surface area contributed by atoms with Crippen molar-refractivity contribution < 1.29 is 19.1 Å². The third kappa shape index (κ3) is 12.6. The van der Waals surface area contributed by atoms with E-state index in [1.54, 1.807) is 0 Å². The molecule has 0 unspecified atom stereocenters. The Labute approximate surface area is 135 Å². The van der Waals surface area contributed by atoms with Crippen LogP contribution in [0.1, 0.15) is 26.7 Å². The molecule has 0 aliphatic rings. The van der Waals surface area contributed by atoms with Crippen molar-refractivity contribution in [1.82, 2.24) is 0 Å². The average Bonchev–Trinajstić information content (AvgIpc) is 2.45. The van der Waals surface area contributed by atoms with Crippen molar-refractivity contribution >= 4 is 35.5 Å². The maximum absolute atomic E-state index is 10.9. The van der Waals surface area contributed by atoms with E-state index in [1.807, 2.05) is 23.5 Å².